The lowest BCUT2D eigenvalue weighted by molar-refractivity contribution is -0.161. The molecule has 1 saturated heterocycles. The van der Waals surface area contributed by atoms with Crippen LogP contribution in [0.2, 0.25) is 0 Å². The molecule has 3 amide bonds. The number of carboxylic acid groups (broad SMARTS) is 1. The Morgan fingerprint density at radius 3 is 2.47 bits per heavy atom. The normalized spacial score (nSPS) is 19.2. The van der Waals surface area contributed by atoms with Gasteiger partial charge < -0.3 is 21.0 Å². The predicted molar refractivity (Wildman–Crippen MR) is 105 cm³/mol. The number of nitrogens with two attached hydrogens (primary N) is 1. The smallest absolute Gasteiger partial charge is 0.363 e. The Bertz CT molecular complexity index is 1080. The fourth-order valence-corrected chi connectivity index (χ4v) is 3.68. The molecule has 2 atom stereocenters. The number of hydrogen-bond donors (Lipinski definition) is 5. The molecule has 2 heterocycles. The lowest BCUT2D eigenvalue weighted by Gasteiger charge is -2.42. The number of amides is 3. The van der Waals surface area contributed by atoms with Crippen molar-refractivity contribution in [3.05, 3.63) is 11.1 Å². The Kier molecular flexibility index (Phi) is 7.03. The lowest BCUT2D eigenvalue weighted by atomic mass is 9.97. The fourth-order valence-electron chi connectivity index (χ4n) is 2.29. The van der Waals surface area contributed by atoms with Crippen molar-refractivity contribution in [3.63, 3.8) is 0 Å². The second-order valence-corrected chi connectivity index (χ2v) is 8.77. The van der Waals surface area contributed by atoms with E-state index in [2.05, 4.69) is 20.3 Å². The van der Waals surface area contributed by atoms with Crippen LogP contribution in [0.25, 0.3) is 0 Å². The Hall–Kier alpha value is -3.35. The summed E-state index contributed by atoms with van der Waals surface area (Å²) in [4.78, 5) is 61.4. The summed E-state index contributed by atoms with van der Waals surface area (Å²) in [7, 11) is -4.11. The molecule has 6 N–H and O–H groups in total. The van der Waals surface area contributed by atoms with Gasteiger partial charge in [-0.3, -0.25) is 23.8 Å². The Morgan fingerprint density at radius 1 is 1.38 bits per heavy atom. The molecule has 0 unspecified atom stereocenters. The number of rotatable bonds is 9. The molecule has 0 bridgehead atoms. The number of carbonyl (C=O) groups is 4. The predicted octanol–water partition coefficient (Wildman–Crippen LogP) is -2.51. The lowest BCUT2D eigenvalue weighted by Crippen LogP contribution is -2.76. The largest absolute Gasteiger partial charge is 0.478 e. The van der Waals surface area contributed by atoms with Crippen molar-refractivity contribution in [2.75, 3.05) is 12.8 Å². The van der Waals surface area contributed by atoms with Crippen LogP contribution >= 0.6 is 11.3 Å². The second kappa shape index (κ2) is 9.02. The van der Waals surface area contributed by atoms with Gasteiger partial charge in [0.25, 0.3) is 17.7 Å². The number of nitrogens with one attached hydrogen (secondary N) is 2. The van der Waals surface area contributed by atoms with Crippen LogP contribution in [0.1, 0.15) is 19.5 Å². The number of nitrogens with zero attached hydrogens (tertiary/aromatic N) is 3. The molecule has 0 spiro atoms. The number of oxime groups is 1. The standard InChI is InChI=1S/C14H18N6O10S2/c1-14(2,12(24)25)30-18-6(5-4-31-13(15)16-5)9(21)17-7-8(10(22)19-29-3)20(11(7)23)32(26,27)28/h4,7-8H,1-3H3,(H2,15,16)(H,17,21)(H,19,22)(H,24,25)(H,26,27,28)/b18-6+/t7-,8-/m1/s1. The summed E-state index contributed by atoms with van der Waals surface area (Å²) >= 11 is 0.911. The molecule has 0 aromatic carbocycles. The highest BCUT2D eigenvalue weighted by Crippen LogP contribution is 2.24. The zero-order valence-corrected chi connectivity index (χ0v) is 18.3. The van der Waals surface area contributed by atoms with Crippen LogP contribution in [0.15, 0.2) is 10.5 Å². The van der Waals surface area contributed by atoms with Crippen LogP contribution in [0.5, 0.6) is 0 Å². The average Bonchev–Trinajstić information content (AvgIpc) is 3.08. The third kappa shape index (κ3) is 5.10. The third-order valence-corrected chi connectivity index (χ3v) is 5.50. The summed E-state index contributed by atoms with van der Waals surface area (Å²) in [5.74, 6) is -5.09. The van der Waals surface area contributed by atoms with Crippen molar-refractivity contribution in [3.8, 4) is 0 Å². The maximum atomic E-state index is 12.8. The molecular formula is C14H18N6O10S2. The molecule has 0 saturated carbocycles. The maximum Gasteiger partial charge on any atom is 0.363 e. The van der Waals surface area contributed by atoms with Gasteiger partial charge in [0.05, 0.1) is 7.11 Å². The van der Waals surface area contributed by atoms with Crippen LogP contribution in [-0.2, 0) is 39.2 Å². The number of nitrogen functional groups attached to an aromatic ring is 1. The van der Waals surface area contributed by atoms with Crippen molar-refractivity contribution >= 4 is 56.2 Å². The van der Waals surface area contributed by atoms with E-state index in [1.807, 2.05) is 0 Å². The molecule has 18 heteroatoms. The molecule has 1 aromatic rings. The molecular weight excluding hydrogens is 476 g/mol. The van der Waals surface area contributed by atoms with Crippen molar-refractivity contribution in [2.45, 2.75) is 31.5 Å². The number of hydroxylamine groups is 1. The number of carboxylic acids is 1. The minimum atomic E-state index is -5.14. The van der Waals surface area contributed by atoms with Crippen LogP contribution < -0.4 is 16.5 Å². The van der Waals surface area contributed by atoms with E-state index in [1.165, 1.54) is 5.38 Å². The fraction of sp³-hybridized carbons (Fsp3) is 0.429. The highest BCUT2D eigenvalue weighted by Gasteiger charge is 2.58. The zero-order valence-electron chi connectivity index (χ0n) is 16.6. The van der Waals surface area contributed by atoms with Crippen LogP contribution in [0, 0.1) is 0 Å². The van der Waals surface area contributed by atoms with Gasteiger partial charge in [-0.1, -0.05) is 5.16 Å². The van der Waals surface area contributed by atoms with E-state index in [0.29, 0.717) is 0 Å². The minimum absolute atomic E-state index is 0.0209. The SMILES string of the molecule is CONC(=O)[C@H]1[C@@H](NC(=O)/C(=N/OC(C)(C)C(=O)O)c2csc(N)n2)C(=O)N1S(=O)(=O)O. The first-order valence-electron chi connectivity index (χ1n) is 8.36. The number of thiazole rings is 1. The summed E-state index contributed by atoms with van der Waals surface area (Å²) < 4.78 is 31.9. The van der Waals surface area contributed by atoms with Crippen molar-refractivity contribution in [1.29, 1.82) is 0 Å². The molecule has 176 valence electrons. The summed E-state index contributed by atoms with van der Waals surface area (Å²) in [6.07, 6.45) is 0. The summed E-state index contributed by atoms with van der Waals surface area (Å²) in [6, 6.07) is -3.65. The number of aliphatic carboxylic acids is 1. The first-order chi connectivity index (χ1) is 14.7. The van der Waals surface area contributed by atoms with E-state index in [4.69, 9.17) is 15.7 Å². The topological polar surface area (TPSA) is 240 Å². The second-order valence-electron chi connectivity index (χ2n) is 6.60. The first kappa shape index (κ1) is 24.9. The van der Waals surface area contributed by atoms with Gasteiger partial charge in [-0.05, 0) is 13.8 Å². The number of carbonyl (C=O) groups excluding carboxylic acids is 3. The van der Waals surface area contributed by atoms with Gasteiger partial charge in [-0.15, -0.1) is 11.3 Å². The zero-order chi connectivity index (χ0) is 24.4. The molecule has 2 rings (SSSR count). The van der Waals surface area contributed by atoms with Crippen molar-refractivity contribution < 1.29 is 46.9 Å². The number of hydrogen-bond acceptors (Lipinski definition) is 12. The molecule has 1 aliphatic heterocycles. The monoisotopic (exact) mass is 494 g/mol. The Balaban J connectivity index is 2.36. The van der Waals surface area contributed by atoms with Crippen LogP contribution in [0.3, 0.4) is 0 Å². The van der Waals surface area contributed by atoms with Gasteiger partial charge in [0.2, 0.25) is 5.60 Å². The van der Waals surface area contributed by atoms with E-state index in [9.17, 15) is 32.1 Å². The number of β-lactam (4-membered cyclic amide) rings is 1. The van der Waals surface area contributed by atoms with E-state index in [1.54, 1.807) is 5.48 Å². The van der Waals surface area contributed by atoms with Gasteiger partial charge in [0, 0.05) is 5.38 Å². The molecule has 32 heavy (non-hydrogen) atoms. The Morgan fingerprint density at radius 2 is 2.00 bits per heavy atom. The molecule has 1 fully saturated rings. The van der Waals surface area contributed by atoms with Crippen LogP contribution in [0.4, 0.5) is 5.13 Å². The molecule has 1 aliphatic rings. The van der Waals surface area contributed by atoms with Gasteiger partial charge in [-0.2, -0.15) is 12.7 Å². The van der Waals surface area contributed by atoms with Gasteiger partial charge >= 0.3 is 16.3 Å². The maximum absolute atomic E-state index is 12.8. The quantitative estimate of drug-likeness (QED) is 0.103. The number of aromatic nitrogens is 1. The average molecular weight is 494 g/mol. The first-order valence-corrected chi connectivity index (χ1v) is 10.6. The van der Waals surface area contributed by atoms with Crippen molar-refractivity contribution in [2.24, 2.45) is 5.16 Å². The number of anilines is 1. The minimum Gasteiger partial charge on any atom is -0.478 e. The highest BCUT2D eigenvalue weighted by atomic mass is 32.2. The summed E-state index contributed by atoms with van der Waals surface area (Å²) in [5.41, 5.74) is 4.70. The van der Waals surface area contributed by atoms with E-state index >= 15 is 0 Å². The molecule has 16 nitrogen and oxygen atoms in total. The van der Waals surface area contributed by atoms with E-state index in [0.717, 1.165) is 32.3 Å². The third-order valence-electron chi connectivity index (χ3n) is 3.92. The summed E-state index contributed by atoms with van der Waals surface area (Å²) in [5, 5.41) is 16.0. The van der Waals surface area contributed by atoms with Gasteiger partial charge in [-0.25, -0.2) is 15.3 Å². The molecule has 0 aliphatic carbocycles. The van der Waals surface area contributed by atoms with Gasteiger partial charge in [0.15, 0.2) is 16.9 Å². The van der Waals surface area contributed by atoms with E-state index in [-0.39, 0.29) is 15.1 Å². The van der Waals surface area contributed by atoms with Gasteiger partial charge in [0.1, 0.15) is 11.7 Å². The molecule has 1 aromatic heterocycles. The Labute approximate surface area is 184 Å². The van der Waals surface area contributed by atoms with Crippen molar-refractivity contribution in [1.82, 2.24) is 20.1 Å². The van der Waals surface area contributed by atoms with E-state index < -0.39 is 57.4 Å². The summed E-state index contributed by atoms with van der Waals surface area (Å²) in [6.45, 7) is 2.29. The molecule has 0 radical (unpaired) electrons. The van der Waals surface area contributed by atoms with Crippen LogP contribution in [-0.4, -0.2) is 81.6 Å². The highest BCUT2D eigenvalue weighted by molar-refractivity contribution is 7.84.